The van der Waals surface area contributed by atoms with Gasteiger partial charge in [0.05, 0.1) is 13.2 Å². The van der Waals surface area contributed by atoms with Crippen LogP contribution in [0.5, 0.6) is 5.75 Å². The van der Waals surface area contributed by atoms with Gasteiger partial charge in [0.25, 0.3) is 0 Å². The van der Waals surface area contributed by atoms with Crippen molar-refractivity contribution in [3.63, 3.8) is 0 Å². The molecule has 1 aromatic heterocycles. The lowest BCUT2D eigenvalue weighted by atomic mass is 9.86. The van der Waals surface area contributed by atoms with E-state index in [9.17, 15) is 0 Å². The van der Waals surface area contributed by atoms with Gasteiger partial charge in [0.1, 0.15) is 17.3 Å². The number of ether oxygens (including phenoxy) is 1. The second-order valence-electron chi connectivity index (χ2n) is 6.33. The number of nitrogens with one attached hydrogen (secondary N) is 1. The Labute approximate surface area is 126 Å². The van der Waals surface area contributed by atoms with Crippen molar-refractivity contribution in [3.8, 4) is 17.1 Å². The summed E-state index contributed by atoms with van der Waals surface area (Å²) in [4.78, 5) is 0. The summed E-state index contributed by atoms with van der Waals surface area (Å²) in [5, 5.41) is 3.36. The van der Waals surface area contributed by atoms with Crippen LogP contribution < -0.4 is 10.1 Å². The van der Waals surface area contributed by atoms with Gasteiger partial charge in [-0.3, -0.25) is 0 Å². The summed E-state index contributed by atoms with van der Waals surface area (Å²) >= 11 is 0. The van der Waals surface area contributed by atoms with E-state index in [0.29, 0.717) is 0 Å². The number of hydrogen-bond donors (Lipinski definition) is 1. The molecule has 0 fully saturated rings. The standard InChI is InChI=1S/C18H23NO2/c1-4-9-19-11-14-6-8-16(21-14)13-5-7-17-15(10-13)18(2,3)12-20-17/h5-8,10,19H,4,9,11-12H2,1-3H3. The molecule has 0 aliphatic carbocycles. The van der Waals surface area contributed by atoms with Gasteiger partial charge in [-0.2, -0.15) is 0 Å². The number of hydrogen-bond acceptors (Lipinski definition) is 3. The summed E-state index contributed by atoms with van der Waals surface area (Å²) in [5.41, 5.74) is 2.46. The van der Waals surface area contributed by atoms with Gasteiger partial charge in [-0.15, -0.1) is 0 Å². The van der Waals surface area contributed by atoms with Gasteiger partial charge >= 0.3 is 0 Å². The number of rotatable bonds is 5. The van der Waals surface area contributed by atoms with Crippen LogP contribution in [0, 0.1) is 0 Å². The van der Waals surface area contributed by atoms with Gasteiger partial charge in [0, 0.05) is 16.5 Å². The third-order valence-corrected chi connectivity index (χ3v) is 3.97. The molecule has 3 rings (SSSR count). The molecule has 2 heterocycles. The molecular formula is C18H23NO2. The maximum absolute atomic E-state index is 5.94. The average molecular weight is 285 g/mol. The van der Waals surface area contributed by atoms with Gasteiger partial charge < -0.3 is 14.5 Å². The normalized spacial score (nSPS) is 15.8. The van der Waals surface area contributed by atoms with Crippen LogP contribution in [0.1, 0.15) is 38.5 Å². The molecule has 0 atom stereocenters. The highest BCUT2D eigenvalue weighted by Crippen LogP contribution is 2.40. The molecule has 1 aromatic carbocycles. The number of furan rings is 1. The maximum Gasteiger partial charge on any atom is 0.134 e. The summed E-state index contributed by atoms with van der Waals surface area (Å²) in [6.07, 6.45) is 1.13. The van der Waals surface area contributed by atoms with Crippen molar-refractivity contribution < 1.29 is 9.15 Å². The highest BCUT2D eigenvalue weighted by atomic mass is 16.5. The van der Waals surface area contributed by atoms with Crippen LogP contribution in [0.15, 0.2) is 34.7 Å². The summed E-state index contributed by atoms with van der Waals surface area (Å²) in [6, 6.07) is 10.4. The molecule has 0 bridgehead atoms. The predicted octanol–water partition coefficient (Wildman–Crippen LogP) is 4.12. The fourth-order valence-electron chi connectivity index (χ4n) is 2.69. The number of fused-ring (bicyclic) bond motifs is 1. The van der Waals surface area contributed by atoms with Crippen molar-refractivity contribution in [3.05, 3.63) is 41.7 Å². The first kappa shape index (κ1) is 14.2. The van der Waals surface area contributed by atoms with Crippen LogP contribution in [0.2, 0.25) is 0 Å². The molecule has 112 valence electrons. The van der Waals surface area contributed by atoms with Crippen molar-refractivity contribution in [2.75, 3.05) is 13.2 Å². The molecule has 0 saturated heterocycles. The molecule has 3 heteroatoms. The predicted molar refractivity (Wildman–Crippen MR) is 84.7 cm³/mol. The molecule has 0 amide bonds. The SMILES string of the molecule is CCCNCc1ccc(-c2ccc3c(c2)C(C)(C)CO3)o1. The molecule has 1 aliphatic rings. The number of benzene rings is 1. The minimum absolute atomic E-state index is 0.0729. The first-order valence-electron chi connectivity index (χ1n) is 7.67. The van der Waals surface area contributed by atoms with Gasteiger partial charge in [-0.25, -0.2) is 0 Å². The Morgan fingerprint density at radius 3 is 2.86 bits per heavy atom. The lowest BCUT2D eigenvalue weighted by Gasteiger charge is -2.15. The van der Waals surface area contributed by atoms with E-state index in [0.717, 1.165) is 49.0 Å². The van der Waals surface area contributed by atoms with Crippen LogP contribution in [0.25, 0.3) is 11.3 Å². The third-order valence-electron chi connectivity index (χ3n) is 3.97. The van der Waals surface area contributed by atoms with Crippen LogP contribution >= 0.6 is 0 Å². The van der Waals surface area contributed by atoms with E-state index in [1.165, 1.54) is 5.56 Å². The molecule has 0 unspecified atom stereocenters. The van der Waals surface area contributed by atoms with Gasteiger partial charge in [-0.05, 0) is 43.3 Å². The molecule has 2 aromatic rings. The first-order valence-corrected chi connectivity index (χ1v) is 7.67. The zero-order chi connectivity index (χ0) is 14.9. The van der Waals surface area contributed by atoms with Gasteiger partial charge in [-0.1, -0.05) is 20.8 Å². The highest BCUT2D eigenvalue weighted by molar-refractivity contribution is 5.62. The molecular weight excluding hydrogens is 262 g/mol. The zero-order valence-electron chi connectivity index (χ0n) is 13.0. The fourth-order valence-corrected chi connectivity index (χ4v) is 2.69. The van der Waals surface area contributed by atoms with E-state index in [4.69, 9.17) is 9.15 Å². The van der Waals surface area contributed by atoms with Crippen molar-refractivity contribution in [1.29, 1.82) is 0 Å². The molecule has 0 spiro atoms. The monoisotopic (exact) mass is 285 g/mol. The van der Waals surface area contributed by atoms with E-state index >= 15 is 0 Å². The summed E-state index contributed by atoms with van der Waals surface area (Å²) in [6.45, 7) is 9.13. The van der Waals surface area contributed by atoms with Crippen molar-refractivity contribution >= 4 is 0 Å². The summed E-state index contributed by atoms with van der Waals surface area (Å²) in [7, 11) is 0. The average Bonchev–Trinajstić information content (AvgIpc) is 3.05. The van der Waals surface area contributed by atoms with Gasteiger partial charge in [0.15, 0.2) is 0 Å². The lowest BCUT2D eigenvalue weighted by molar-refractivity contribution is 0.291. The van der Waals surface area contributed by atoms with Crippen LogP contribution in [0.4, 0.5) is 0 Å². The molecule has 21 heavy (non-hydrogen) atoms. The van der Waals surface area contributed by atoms with Crippen LogP contribution in [-0.4, -0.2) is 13.2 Å². The minimum Gasteiger partial charge on any atom is -0.492 e. The van der Waals surface area contributed by atoms with Crippen molar-refractivity contribution in [2.24, 2.45) is 0 Å². The molecule has 0 saturated carbocycles. The molecule has 0 radical (unpaired) electrons. The Morgan fingerprint density at radius 2 is 2.05 bits per heavy atom. The Bertz CT molecular complexity index is 628. The Morgan fingerprint density at radius 1 is 1.19 bits per heavy atom. The molecule has 1 aliphatic heterocycles. The zero-order valence-corrected chi connectivity index (χ0v) is 13.0. The van der Waals surface area contributed by atoms with Gasteiger partial charge in [0.2, 0.25) is 0 Å². The topological polar surface area (TPSA) is 34.4 Å². The van der Waals surface area contributed by atoms with Crippen LogP contribution in [-0.2, 0) is 12.0 Å². The third kappa shape index (κ3) is 2.84. The maximum atomic E-state index is 5.94. The Hall–Kier alpha value is -1.74. The lowest BCUT2D eigenvalue weighted by Crippen LogP contribution is -2.18. The van der Waals surface area contributed by atoms with Crippen molar-refractivity contribution in [1.82, 2.24) is 5.32 Å². The van der Waals surface area contributed by atoms with Crippen molar-refractivity contribution in [2.45, 2.75) is 39.2 Å². The second kappa shape index (κ2) is 5.57. The van der Waals surface area contributed by atoms with E-state index in [-0.39, 0.29) is 5.41 Å². The minimum atomic E-state index is 0.0729. The molecule has 1 N–H and O–H groups in total. The Balaban J connectivity index is 1.82. The van der Waals surface area contributed by atoms with E-state index in [1.54, 1.807) is 0 Å². The van der Waals surface area contributed by atoms with E-state index in [2.05, 4.69) is 44.3 Å². The second-order valence-corrected chi connectivity index (χ2v) is 6.33. The highest BCUT2D eigenvalue weighted by Gasteiger charge is 2.32. The van der Waals surface area contributed by atoms with Crippen LogP contribution in [0.3, 0.4) is 0 Å². The quantitative estimate of drug-likeness (QED) is 0.839. The summed E-state index contributed by atoms with van der Waals surface area (Å²) in [5.74, 6) is 2.91. The largest absolute Gasteiger partial charge is 0.492 e. The Kier molecular flexibility index (Phi) is 3.77. The smallest absolute Gasteiger partial charge is 0.134 e. The first-order chi connectivity index (χ1) is 10.1. The fraction of sp³-hybridized carbons (Fsp3) is 0.444. The van der Waals surface area contributed by atoms with E-state index in [1.807, 2.05) is 12.1 Å². The molecule has 3 nitrogen and oxygen atoms in total. The summed E-state index contributed by atoms with van der Waals surface area (Å²) < 4.78 is 11.7. The van der Waals surface area contributed by atoms with E-state index < -0.39 is 0 Å².